The molecule has 4 N–H and O–H groups in total. The molecule has 1 aromatic carbocycles. The Morgan fingerprint density at radius 3 is 2.39 bits per heavy atom. The van der Waals surface area contributed by atoms with Crippen LogP contribution in [-0.2, 0) is 13.0 Å². The highest BCUT2D eigenvalue weighted by molar-refractivity contribution is 5.79. The summed E-state index contributed by atoms with van der Waals surface area (Å²) in [5.41, 5.74) is 5.13. The van der Waals surface area contributed by atoms with E-state index in [0.717, 1.165) is 25.8 Å². The maximum Gasteiger partial charge on any atom is 0.206 e. The smallest absolute Gasteiger partial charge is 0.206 e. The predicted molar refractivity (Wildman–Crippen MR) is 77.2 cm³/mol. The largest absolute Gasteiger partial charge is 0.355 e. The molecule has 0 saturated carbocycles. The maximum absolute atomic E-state index is 5.42. The Hall–Kier alpha value is -1.55. The van der Waals surface area contributed by atoms with Crippen LogP contribution in [0, 0.1) is 0 Å². The summed E-state index contributed by atoms with van der Waals surface area (Å²) in [6.07, 6.45) is 3.34. The average Bonchev–Trinajstić information content (AvgIpc) is 2.43. The number of nitrogens with one attached hydrogen (secondary N) is 2. The van der Waals surface area contributed by atoms with Crippen molar-refractivity contribution in [2.45, 2.75) is 39.7 Å². The van der Waals surface area contributed by atoms with E-state index in [1.165, 1.54) is 11.1 Å². The summed E-state index contributed by atoms with van der Waals surface area (Å²) in [5.74, 6) is 6.08. The second-order valence-electron chi connectivity index (χ2n) is 4.26. The van der Waals surface area contributed by atoms with Crippen molar-refractivity contribution in [2.75, 3.05) is 6.54 Å². The summed E-state index contributed by atoms with van der Waals surface area (Å²) in [5, 5.41) is 3.18. The van der Waals surface area contributed by atoms with Crippen LogP contribution in [0.3, 0.4) is 0 Å². The number of hydrazine groups is 1. The van der Waals surface area contributed by atoms with Gasteiger partial charge in [-0.3, -0.25) is 5.43 Å². The van der Waals surface area contributed by atoms with E-state index in [-0.39, 0.29) is 0 Å². The third-order valence-electron chi connectivity index (χ3n) is 2.81. The lowest BCUT2D eigenvalue weighted by Gasteiger charge is -2.08. The number of hydrogen-bond acceptors (Lipinski definition) is 2. The van der Waals surface area contributed by atoms with Crippen molar-refractivity contribution in [3.63, 3.8) is 0 Å². The third-order valence-corrected chi connectivity index (χ3v) is 2.81. The molecule has 0 aliphatic carbocycles. The second-order valence-corrected chi connectivity index (χ2v) is 4.26. The predicted octanol–water partition coefficient (Wildman–Crippen LogP) is 1.96. The Balaban J connectivity index is 2.48. The number of rotatable bonds is 6. The fourth-order valence-electron chi connectivity index (χ4n) is 1.59. The van der Waals surface area contributed by atoms with Crippen LogP contribution in [0.5, 0.6) is 0 Å². The molecule has 0 radical (unpaired) electrons. The number of guanidine groups is 1. The molecule has 0 spiro atoms. The van der Waals surface area contributed by atoms with E-state index in [1.807, 2.05) is 0 Å². The molecular weight excluding hydrogens is 224 g/mol. The lowest BCUT2D eigenvalue weighted by Crippen LogP contribution is -2.41. The van der Waals surface area contributed by atoms with Crippen molar-refractivity contribution in [3.8, 4) is 0 Å². The lowest BCUT2D eigenvalue weighted by atomic mass is 10.1. The zero-order valence-electron chi connectivity index (χ0n) is 11.4. The molecule has 0 heterocycles. The number of hydrogen-bond donors (Lipinski definition) is 3. The van der Waals surface area contributed by atoms with Crippen molar-refractivity contribution in [1.82, 2.24) is 10.7 Å². The number of benzene rings is 1. The van der Waals surface area contributed by atoms with Gasteiger partial charge in [0.2, 0.25) is 5.96 Å². The molecule has 0 saturated heterocycles. The van der Waals surface area contributed by atoms with Crippen molar-refractivity contribution >= 4 is 5.96 Å². The SMILES string of the molecule is CCCCNC(=NCc1ccc(CC)cc1)NN. The van der Waals surface area contributed by atoms with Gasteiger partial charge in [-0.25, -0.2) is 10.8 Å². The summed E-state index contributed by atoms with van der Waals surface area (Å²) >= 11 is 0. The molecule has 1 rings (SSSR count). The van der Waals surface area contributed by atoms with Crippen molar-refractivity contribution in [3.05, 3.63) is 35.4 Å². The summed E-state index contributed by atoms with van der Waals surface area (Å²) < 4.78 is 0. The molecule has 0 atom stereocenters. The Kier molecular flexibility index (Phi) is 6.87. The van der Waals surface area contributed by atoms with Gasteiger partial charge < -0.3 is 5.32 Å². The van der Waals surface area contributed by atoms with Crippen LogP contribution in [0.15, 0.2) is 29.3 Å². The zero-order valence-corrected chi connectivity index (χ0v) is 11.4. The van der Waals surface area contributed by atoms with Gasteiger partial charge in [-0.1, -0.05) is 44.5 Å². The van der Waals surface area contributed by atoms with Gasteiger partial charge in [0.05, 0.1) is 6.54 Å². The van der Waals surface area contributed by atoms with Crippen LogP contribution >= 0.6 is 0 Å². The van der Waals surface area contributed by atoms with Gasteiger partial charge in [-0.05, 0) is 24.0 Å². The highest BCUT2D eigenvalue weighted by atomic mass is 15.3. The van der Waals surface area contributed by atoms with Gasteiger partial charge in [0.15, 0.2) is 0 Å². The highest BCUT2D eigenvalue weighted by Gasteiger charge is 1.96. The van der Waals surface area contributed by atoms with Crippen molar-refractivity contribution in [2.24, 2.45) is 10.8 Å². The van der Waals surface area contributed by atoms with Gasteiger partial charge in [0.1, 0.15) is 0 Å². The minimum Gasteiger partial charge on any atom is -0.355 e. The fraction of sp³-hybridized carbons (Fsp3) is 0.500. The molecule has 0 aliphatic heterocycles. The standard InChI is InChI=1S/C14H24N4/c1-3-5-10-16-14(18-15)17-11-13-8-6-12(4-2)7-9-13/h6-9H,3-5,10-11,15H2,1-2H3,(H2,16,17,18). The van der Waals surface area contributed by atoms with Crippen molar-refractivity contribution < 1.29 is 0 Å². The van der Waals surface area contributed by atoms with E-state index in [4.69, 9.17) is 5.84 Å². The summed E-state index contributed by atoms with van der Waals surface area (Å²) in [4.78, 5) is 4.41. The number of unbranched alkanes of at least 4 members (excludes halogenated alkanes) is 1. The molecule has 0 fully saturated rings. The summed E-state index contributed by atoms with van der Waals surface area (Å²) in [6.45, 7) is 5.85. The summed E-state index contributed by atoms with van der Waals surface area (Å²) in [7, 11) is 0. The minimum atomic E-state index is 0.642. The molecule has 0 bridgehead atoms. The van der Waals surface area contributed by atoms with E-state index in [0.29, 0.717) is 12.5 Å². The normalized spacial score (nSPS) is 11.4. The van der Waals surface area contributed by atoms with Crippen molar-refractivity contribution in [1.29, 1.82) is 0 Å². The summed E-state index contributed by atoms with van der Waals surface area (Å²) in [6, 6.07) is 8.51. The molecule has 0 unspecified atom stereocenters. The number of aryl methyl sites for hydroxylation is 1. The van der Waals surface area contributed by atoms with Gasteiger partial charge >= 0.3 is 0 Å². The number of aliphatic imine (C=N–C) groups is 1. The van der Waals surface area contributed by atoms with Gasteiger partial charge in [0.25, 0.3) is 0 Å². The molecule has 0 aromatic heterocycles. The Morgan fingerprint density at radius 1 is 1.17 bits per heavy atom. The molecule has 1 aromatic rings. The van der Waals surface area contributed by atoms with E-state index < -0.39 is 0 Å². The first kappa shape index (κ1) is 14.5. The fourth-order valence-corrected chi connectivity index (χ4v) is 1.59. The van der Waals surface area contributed by atoms with Crippen LogP contribution in [0.25, 0.3) is 0 Å². The van der Waals surface area contributed by atoms with Crippen LogP contribution in [0.4, 0.5) is 0 Å². The topological polar surface area (TPSA) is 62.4 Å². The first-order valence-corrected chi connectivity index (χ1v) is 6.62. The van der Waals surface area contributed by atoms with Gasteiger partial charge in [-0.2, -0.15) is 0 Å². The maximum atomic E-state index is 5.42. The molecular formula is C14H24N4. The van der Waals surface area contributed by atoms with Gasteiger partial charge in [0, 0.05) is 6.54 Å². The number of nitrogens with two attached hydrogens (primary N) is 1. The molecule has 0 aliphatic rings. The molecule has 4 nitrogen and oxygen atoms in total. The van der Waals surface area contributed by atoms with E-state index in [9.17, 15) is 0 Å². The average molecular weight is 248 g/mol. The van der Waals surface area contributed by atoms with Crippen LogP contribution in [0.1, 0.15) is 37.8 Å². The quantitative estimate of drug-likeness (QED) is 0.237. The lowest BCUT2D eigenvalue weighted by molar-refractivity contribution is 0.732. The molecule has 100 valence electrons. The minimum absolute atomic E-state index is 0.642. The molecule has 18 heavy (non-hydrogen) atoms. The van der Waals surface area contributed by atoms with Crippen LogP contribution < -0.4 is 16.6 Å². The Morgan fingerprint density at radius 2 is 1.83 bits per heavy atom. The van der Waals surface area contributed by atoms with E-state index in [2.05, 4.69) is 53.8 Å². The van der Waals surface area contributed by atoms with E-state index in [1.54, 1.807) is 0 Å². The van der Waals surface area contributed by atoms with Crippen LogP contribution in [0.2, 0.25) is 0 Å². The van der Waals surface area contributed by atoms with E-state index >= 15 is 0 Å². The molecule has 4 heteroatoms. The zero-order chi connectivity index (χ0) is 13.2. The monoisotopic (exact) mass is 248 g/mol. The van der Waals surface area contributed by atoms with Gasteiger partial charge in [-0.15, -0.1) is 0 Å². The third kappa shape index (κ3) is 5.19. The first-order valence-electron chi connectivity index (χ1n) is 6.62. The second kappa shape index (κ2) is 8.53. The Bertz CT molecular complexity index is 357. The van der Waals surface area contributed by atoms with Crippen LogP contribution in [-0.4, -0.2) is 12.5 Å². The molecule has 0 amide bonds. The highest BCUT2D eigenvalue weighted by Crippen LogP contribution is 2.05. The Labute approximate surface area is 110 Å². The number of nitrogens with zero attached hydrogens (tertiary/aromatic N) is 1. The first-order chi connectivity index (χ1) is 8.80.